The van der Waals surface area contributed by atoms with Crippen molar-refractivity contribution in [2.75, 3.05) is 37.0 Å². The lowest BCUT2D eigenvalue weighted by molar-refractivity contribution is -0.132. The number of piperidine rings is 1. The highest BCUT2D eigenvalue weighted by atomic mass is 19.1. The number of benzene rings is 2. The molecule has 4 aromatic rings. The summed E-state index contributed by atoms with van der Waals surface area (Å²) in [5.41, 5.74) is 4.31. The smallest absolute Gasteiger partial charge is 0.415 e. The second-order valence-corrected chi connectivity index (χ2v) is 14.7. The van der Waals surface area contributed by atoms with Gasteiger partial charge in [0.2, 0.25) is 5.91 Å². The van der Waals surface area contributed by atoms with Crippen LogP contribution in [0.3, 0.4) is 0 Å². The molecule has 2 atom stereocenters. The van der Waals surface area contributed by atoms with E-state index in [9.17, 15) is 14.4 Å². The van der Waals surface area contributed by atoms with Crippen LogP contribution in [0.1, 0.15) is 93.7 Å². The number of anilines is 2. The second-order valence-electron chi connectivity index (χ2n) is 14.7. The molecule has 1 aliphatic rings. The van der Waals surface area contributed by atoms with E-state index >= 15 is 4.39 Å². The van der Waals surface area contributed by atoms with Crippen LogP contribution in [-0.4, -0.2) is 75.6 Å². The Hall–Kier alpha value is -4.71. The Labute approximate surface area is 306 Å². The molecule has 1 aliphatic heterocycles. The summed E-state index contributed by atoms with van der Waals surface area (Å²) in [6, 6.07) is 13.4. The van der Waals surface area contributed by atoms with Crippen molar-refractivity contribution < 1.29 is 28.2 Å². The van der Waals surface area contributed by atoms with Crippen LogP contribution in [0.2, 0.25) is 0 Å². The van der Waals surface area contributed by atoms with Gasteiger partial charge in [0.05, 0.1) is 11.2 Å². The lowest BCUT2D eigenvalue weighted by atomic mass is 9.91. The number of likely N-dealkylation sites (tertiary alicyclic amines) is 1. The number of aryl methyl sites for hydroxylation is 4. The number of carbonyl (C=O) groups is 3. The number of ether oxygens (including phenoxy) is 2. The molecule has 2 aromatic heterocycles. The van der Waals surface area contributed by atoms with E-state index in [0.717, 1.165) is 48.0 Å². The van der Waals surface area contributed by atoms with Gasteiger partial charge in [-0.1, -0.05) is 19.1 Å². The second kappa shape index (κ2) is 16.3. The number of fused-ring (bicyclic) bond motifs is 1. The molecule has 0 aliphatic carbocycles. The number of nitrogens with one attached hydrogen (secondary N) is 1. The zero-order chi connectivity index (χ0) is 37.7. The molecule has 3 heterocycles. The van der Waals surface area contributed by atoms with Crippen LogP contribution in [0.15, 0.2) is 48.5 Å². The normalized spacial score (nSPS) is 15.5. The van der Waals surface area contributed by atoms with Crippen LogP contribution in [0.5, 0.6) is 0 Å². The summed E-state index contributed by atoms with van der Waals surface area (Å²) in [6.45, 7) is 13.6. The maximum absolute atomic E-state index is 15.2. The van der Waals surface area contributed by atoms with Gasteiger partial charge in [0.25, 0.3) is 5.91 Å². The number of rotatable bonds is 12. The van der Waals surface area contributed by atoms with Gasteiger partial charge in [-0.2, -0.15) is 5.10 Å². The SMILES string of the molecule is CCc1cc(C(=O)Nc2ccc(N(C(=O)OC(C)(C)C)[C@H](C)CC(=O)N3CCCC(c4c(C)c5cccc(F)c5n4CCCOC)C3)cc2)n(C)n1. The van der Waals surface area contributed by atoms with E-state index in [1.807, 2.05) is 31.7 Å². The highest BCUT2D eigenvalue weighted by molar-refractivity contribution is 6.03. The fourth-order valence-electron chi connectivity index (χ4n) is 7.24. The minimum Gasteiger partial charge on any atom is -0.443 e. The monoisotopic (exact) mass is 716 g/mol. The molecular formula is C40H53FN6O5. The lowest BCUT2D eigenvalue weighted by Crippen LogP contribution is -2.46. The lowest BCUT2D eigenvalue weighted by Gasteiger charge is -2.36. The topological polar surface area (TPSA) is 111 Å². The molecule has 1 N–H and O–H groups in total. The van der Waals surface area contributed by atoms with Crippen molar-refractivity contribution in [3.8, 4) is 0 Å². The molecule has 0 radical (unpaired) electrons. The average molecular weight is 717 g/mol. The average Bonchev–Trinajstić information content (AvgIpc) is 3.62. The predicted octanol–water partition coefficient (Wildman–Crippen LogP) is 7.60. The van der Waals surface area contributed by atoms with Gasteiger partial charge in [-0.15, -0.1) is 0 Å². The minimum atomic E-state index is -0.757. The van der Waals surface area contributed by atoms with Crippen molar-refractivity contribution in [1.82, 2.24) is 19.2 Å². The number of methoxy groups -OCH3 is 1. The van der Waals surface area contributed by atoms with E-state index in [0.29, 0.717) is 48.8 Å². The Morgan fingerprint density at radius 3 is 2.52 bits per heavy atom. The Morgan fingerprint density at radius 1 is 1.13 bits per heavy atom. The van der Waals surface area contributed by atoms with E-state index in [1.54, 1.807) is 76.0 Å². The first kappa shape index (κ1) is 38.5. The van der Waals surface area contributed by atoms with Gasteiger partial charge < -0.3 is 24.3 Å². The first-order chi connectivity index (χ1) is 24.7. The van der Waals surface area contributed by atoms with Crippen LogP contribution in [0, 0.1) is 12.7 Å². The largest absolute Gasteiger partial charge is 0.443 e. The van der Waals surface area contributed by atoms with Gasteiger partial charge >= 0.3 is 6.09 Å². The zero-order valence-corrected chi connectivity index (χ0v) is 31.8. The maximum atomic E-state index is 15.2. The van der Waals surface area contributed by atoms with Crippen LogP contribution in [0.25, 0.3) is 10.9 Å². The van der Waals surface area contributed by atoms with Crippen molar-refractivity contribution in [1.29, 1.82) is 0 Å². The zero-order valence-electron chi connectivity index (χ0n) is 31.8. The van der Waals surface area contributed by atoms with Gasteiger partial charge in [0.1, 0.15) is 17.1 Å². The number of aromatic nitrogens is 3. The molecule has 11 nitrogen and oxygen atoms in total. The van der Waals surface area contributed by atoms with Crippen LogP contribution in [-0.2, 0) is 34.3 Å². The van der Waals surface area contributed by atoms with Crippen molar-refractivity contribution in [3.63, 3.8) is 0 Å². The third-order valence-corrected chi connectivity index (χ3v) is 9.66. The molecule has 0 bridgehead atoms. The summed E-state index contributed by atoms with van der Waals surface area (Å²) in [5, 5.41) is 8.15. The first-order valence-electron chi connectivity index (χ1n) is 18.2. The fourth-order valence-corrected chi connectivity index (χ4v) is 7.24. The summed E-state index contributed by atoms with van der Waals surface area (Å²) >= 11 is 0. The molecule has 12 heteroatoms. The summed E-state index contributed by atoms with van der Waals surface area (Å²) in [6.07, 6.45) is 2.67. The molecule has 0 spiro atoms. The van der Waals surface area contributed by atoms with E-state index in [2.05, 4.69) is 15.0 Å². The highest BCUT2D eigenvalue weighted by Gasteiger charge is 2.33. The third kappa shape index (κ3) is 8.66. The molecule has 280 valence electrons. The van der Waals surface area contributed by atoms with Crippen LogP contribution < -0.4 is 10.2 Å². The molecule has 3 amide bonds. The molecular weight excluding hydrogens is 663 g/mol. The number of hydrogen-bond acceptors (Lipinski definition) is 6. The number of amides is 3. The Balaban J connectivity index is 1.34. The van der Waals surface area contributed by atoms with E-state index in [-0.39, 0.29) is 30.0 Å². The minimum absolute atomic E-state index is 0.0342. The summed E-state index contributed by atoms with van der Waals surface area (Å²) in [5.74, 6) is -0.575. The number of nitrogens with zero attached hydrogens (tertiary/aromatic N) is 5. The third-order valence-electron chi connectivity index (χ3n) is 9.66. The van der Waals surface area contributed by atoms with Crippen molar-refractivity contribution in [2.24, 2.45) is 7.05 Å². The first-order valence-corrected chi connectivity index (χ1v) is 18.2. The Kier molecular flexibility index (Phi) is 12.1. The Morgan fingerprint density at radius 2 is 1.87 bits per heavy atom. The summed E-state index contributed by atoms with van der Waals surface area (Å²) in [7, 11) is 3.40. The van der Waals surface area contributed by atoms with Crippen LogP contribution in [0.4, 0.5) is 20.6 Å². The molecule has 1 unspecified atom stereocenters. The van der Waals surface area contributed by atoms with Gasteiger partial charge in [0, 0.05) is 81.2 Å². The van der Waals surface area contributed by atoms with E-state index in [4.69, 9.17) is 9.47 Å². The molecule has 5 rings (SSSR count). The summed E-state index contributed by atoms with van der Waals surface area (Å²) in [4.78, 5) is 44.0. The quantitative estimate of drug-likeness (QED) is 0.151. The number of halogens is 1. The van der Waals surface area contributed by atoms with Crippen molar-refractivity contribution >= 4 is 40.2 Å². The predicted molar refractivity (Wildman–Crippen MR) is 201 cm³/mol. The number of carbonyl (C=O) groups excluding carboxylic acids is 3. The Bertz CT molecular complexity index is 1890. The maximum Gasteiger partial charge on any atom is 0.415 e. The standard InChI is InChI=1S/C40H53FN6O5/c1-9-29-24-34(44(7)43-29)38(49)42-30-16-18-31(19-17-30)47(39(50)52-40(4,5)6)26(2)23-35(48)45-20-11-13-28(25-45)36-27(3)32-14-10-15-33(41)37(32)46(36)21-12-22-51-8/h10,14-19,24,26,28H,9,11-13,20-23,25H2,1-8H3,(H,42,49)/t26-,28?/m1/s1. The van der Waals surface area contributed by atoms with Gasteiger partial charge in [-0.3, -0.25) is 19.2 Å². The van der Waals surface area contributed by atoms with Crippen molar-refractivity contribution in [2.45, 2.75) is 97.8 Å². The molecule has 1 fully saturated rings. The number of para-hydroxylation sites is 1. The molecule has 1 saturated heterocycles. The van der Waals surface area contributed by atoms with Gasteiger partial charge in [0.15, 0.2) is 0 Å². The fraction of sp³-hybridized carbons (Fsp3) is 0.500. The van der Waals surface area contributed by atoms with Crippen LogP contribution >= 0.6 is 0 Å². The molecule has 52 heavy (non-hydrogen) atoms. The van der Waals surface area contributed by atoms with Crippen molar-refractivity contribution in [3.05, 3.63) is 77.0 Å². The number of hydrogen-bond donors (Lipinski definition) is 1. The van der Waals surface area contributed by atoms with Gasteiger partial charge in [-0.25, -0.2) is 9.18 Å². The molecule has 2 aromatic carbocycles. The van der Waals surface area contributed by atoms with E-state index < -0.39 is 17.7 Å². The summed E-state index contributed by atoms with van der Waals surface area (Å²) < 4.78 is 30.0. The molecule has 0 saturated carbocycles. The van der Waals surface area contributed by atoms with E-state index in [1.165, 1.54) is 11.0 Å². The highest BCUT2D eigenvalue weighted by Crippen LogP contribution is 2.37. The van der Waals surface area contributed by atoms with Gasteiger partial charge in [-0.05, 0) is 102 Å².